The van der Waals surface area contributed by atoms with Gasteiger partial charge in [-0.2, -0.15) is 0 Å². The minimum atomic E-state index is -3.51. The Morgan fingerprint density at radius 1 is 1.25 bits per heavy atom. The third kappa shape index (κ3) is 2.67. The van der Waals surface area contributed by atoms with E-state index >= 15 is 0 Å². The van der Waals surface area contributed by atoms with Crippen LogP contribution in [-0.2, 0) is 22.5 Å². The Morgan fingerprint density at radius 2 is 2.00 bits per heavy atom. The van der Waals surface area contributed by atoms with Crippen molar-refractivity contribution in [2.24, 2.45) is 7.05 Å². The van der Waals surface area contributed by atoms with E-state index in [4.69, 9.17) is 11.6 Å². The number of sulfonamides is 1. The topological polar surface area (TPSA) is 51.1 Å². The van der Waals surface area contributed by atoms with Gasteiger partial charge in [-0.05, 0) is 36.6 Å². The molecule has 1 fully saturated rings. The first-order valence-electron chi connectivity index (χ1n) is 7.71. The van der Waals surface area contributed by atoms with Crippen molar-refractivity contribution in [3.8, 4) is 0 Å². The van der Waals surface area contributed by atoms with E-state index in [0.29, 0.717) is 10.9 Å². The quantitative estimate of drug-likeness (QED) is 0.729. The molecular formula is C17H17ClN2O2S2. The molecule has 0 unspecified atom stereocenters. The lowest BCUT2D eigenvalue weighted by atomic mass is 9.96. The van der Waals surface area contributed by atoms with Gasteiger partial charge in [-0.1, -0.05) is 29.8 Å². The van der Waals surface area contributed by atoms with Crippen LogP contribution in [0.3, 0.4) is 0 Å². The van der Waals surface area contributed by atoms with Crippen molar-refractivity contribution in [2.75, 3.05) is 6.54 Å². The van der Waals surface area contributed by atoms with E-state index in [0.717, 1.165) is 24.2 Å². The predicted molar refractivity (Wildman–Crippen MR) is 98.3 cm³/mol. The van der Waals surface area contributed by atoms with Gasteiger partial charge < -0.3 is 4.57 Å². The summed E-state index contributed by atoms with van der Waals surface area (Å²) in [4.78, 5) is 0. The molecule has 24 heavy (non-hydrogen) atoms. The van der Waals surface area contributed by atoms with Crippen LogP contribution < -0.4 is 4.72 Å². The van der Waals surface area contributed by atoms with Crippen LogP contribution in [0.4, 0.5) is 0 Å². The highest BCUT2D eigenvalue weighted by Crippen LogP contribution is 2.50. The molecule has 0 atom stereocenters. The first-order chi connectivity index (χ1) is 11.4. The van der Waals surface area contributed by atoms with Crippen LogP contribution >= 0.6 is 22.9 Å². The van der Waals surface area contributed by atoms with Gasteiger partial charge in [0.25, 0.3) is 0 Å². The fourth-order valence-electron chi connectivity index (χ4n) is 3.20. The highest BCUT2D eigenvalue weighted by atomic mass is 35.5. The Labute approximate surface area is 150 Å². The molecule has 0 aliphatic heterocycles. The highest BCUT2D eigenvalue weighted by molar-refractivity contribution is 7.91. The Bertz CT molecular complexity index is 1020. The first kappa shape index (κ1) is 16.1. The number of benzene rings is 1. The van der Waals surface area contributed by atoms with Crippen LogP contribution in [0, 0.1) is 0 Å². The zero-order chi connectivity index (χ0) is 16.9. The minimum Gasteiger partial charge on any atom is -0.350 e. The van der Waals surface area contributed by atoms with E-state index in [2.05, 4.69) is 27.6 Å². The molecule has 2 heterocycles. The summed E-state index contributed by atoms with van der Waals surface area (Å²) in [6.07, 6.45) is 4.12. The largest absolute Gasteiger partial charge is 0.350 e. The Kier molecular flexibility index (Phi) is 3.76. The average Bonchev–Trinajstić information content (AvgIpc) is 3.10. The van der Waals surface area contributed by atoms with E-state index < -0.39 is 10.0 Å². The lowest BCUT2D eigenvalue weighted by molar-refractivity contribution is 0.569. The second-order valence-corrected chi connectivity index (χ2v) is 10.0. The molecule has 2 aromatic heterocycles. The predicted octanol–water partition coefficient (Wildman–Crippen LogP) is 3.90. The van der Waals surface area contributed by atoms with Crippen LogP contribution in [0.25, 0.3) is 10.9 Å². The van der Waals surface area contributed by atoms with E-state index in [-0.39, 0.29) is 9.62 Å². The molecule has 0 amide bonds. The number of aryl methyl sites for hydroxylation is 1. The van der Waals surface area contributed by atoms with Crippen molar-refractivity contribution in [1.82, 2.24) is 9.29 Å². The smallest absolute Gasteiger partial charge is 0.250 e. The Balaban J connectivity index is 1.62. The molecule has 0 bridgehead atoms. The van der Waals surface area contributed by atoms with Gasteiger partial charge in [-0.15, -0.1) is 11.3 Å². The third-order valence-electron chi connectivity index (χ3n) is 4.74. The summed E-state index contributed by atoms with van der Waals surface area (Å²) < 4.78 is 30.5. The van der Waals surface area contributed by atoms with E-state index in [9.17, 15) is 8.42 Å². The zero-order valence-corrected chi connectivity index (χ0v) is 15.5. The average molecular weight is 381 g/mol. The normalized spacial score (nSPS) is 16.6. The molecule has 0 radical (unpaired) electrons. The molecule has 1 saturated carbocycles. The molecule has 1 aromatic carbocycles. The van der Waals surface area contributed by atoms with Crippen molar-refractivity contribution in [3.63, 3.8) is 0 Å². The number of fused-ring (bicyclic) bond motifs is 1. The molecule has 3 aromatic rings. The minimum absolute atomic E-state index is 0.102. The van der Waals surface area contributed by atoms with E-state index in [1.54, 1.807) is 12.1 Å². The molecule has 0 spiro atoms. The van der Waals surface area contributed by atoms with E-state index in [1.165, 1.54) is 16.5 Å². The fourth-order valence-corrected chi connectivity index (χ4v) is 5.86. The van der Waals surface area contributed by atoms with Gasteiger partial charge >= 0.3 is 0 Å². The lowest BCUT2D eigenvalue weighted by Crippen LogP contribution is -2.31. The SMILES string of the molecule is Cn1cc(C2(CNS(=O)(=O)c3ccc(Cl)s3)CC2)c2ccccc21. The van der Waals surface area contributed by atoms with Crippen LogP contribution in [-0.4, -0.2) is 19.5 Å². The van der Waals surface area contributed by atoms with Crippen molar-refractivity contribution >= 4 is 43.9 Å². The summed E-state index contributed by atoms with van der Waals surface area (Å²) in [6.45, 7) is 0.416. The Hall–Kier alpha value is -1.34. The molecule has 4 rings (SSSR count). The number of halogens is 1. The van der Waals surface area contributed by atoms with Crippen LogP contribution in [0.15, 0.2) is 46.8 Å². The molecule has 1 N–H and O–H groups in total. The second-order valence-electron chi connectivity index (χ2n) is 6.33. The van der Waals surface area contributed by atoms with Gasteiger partial charge in [0.05, 0.1) is 4.34 Å². The summed E-state index contributed by atoms with van der Waals surface area (Å²) in [7, 11) is -1.48. The number of nitrogens with zero attached hydrogens (tertiary/aromatic N) is 1. The summed E-state index contributed by atoms with van der Waals surface area (Å²) in [6, 6.07) is 11.4. The maximum Gasteiger partial charge on any atom is 0.250 e. The van der Waals surface area contributed by atoms with Crippen molar-refractivity contribution < 1.29 is 8.42 Å². The number of para-hydroxylation sites is 1. The first-order valence-corrected chi connectivity index (χ1v) is 10.4. The van der Waals surface area contributed by atoms with Gasteiger partial charge in [0.2, 0.25) is 10.0 Å². The van der Waals surface area contributed by atoms with Crippen molar-refractivity contribution in [1.29, 1.82) is 0 Å². The van der Waals surface area contributed by atoms with Crippen molar-refractivity contribution in [2.45, 2.75) is 22.5 Å². The third-order valence-corrected chi connectivity index (χ3v) is 7.86. The van der Waals surface area contributed by atoms with Crippen LogP contribution in [0.2, 0.25) is 4.34 Å². The molecule has 1 aliphatic rings. The highest BCUT2D eigenvalue weighted by Gasteiger charge is 2.46. The van der Waals surface area contributed by atoms with Gasteiger partial charge in [0, 0.05) is 36.1 Å². The number of aromatic nitrogens is 1. The molecule has 126 valence electrons. The zero-order valence-electron chi connectivity index (χ0n) is 13.1. The molecule has 4 nitrogen and oxygen atoms in total. The molecule has 7 heteroatoms. The summed E-state index contributed by atoms with van der Waals surface area (Å²) in [5.74, 6) is 0. The Morgan fingerprint density at radius 3 is 2.67 bits per heavy atom. The number of hydrogen-bond acceptors (Lipinski definition) is 3. The monoisotopic (exact) mass is 380 g/mol. The van der Waals surface area contributed by atoms with Gasteiger partial charge in [-0.25, -0.2) is 13.1 Å². The number of hydrogen-bond donors (Lipinski definition) is 1. The van der Waals surface area contributed by atoms with E-state index in [1.807, 2.05) is 19.2 Å². The summed E-state index contributed by atoms with van der Waals surface area (Å²) >= 11 is 6.94. The molecular weight excluding hydrogens is 364 g/mol. The van der Waals surface area contributed by atoms with Gasteiger partial charge in [0.15, 0.2) is 0 Å². The lowest BCUT2D eigenvalue weighted by Gasteiger charge is -2.15. The number of nitrogens with one attached hydrogen (secondary N) is 1. The molecule has 0 saturated heterocycles. The molecule has 1 aliphatic carbocycles. The van der Waals surface area contributed by atoms with Gasteiger partial charge in [0.1, 0.15) is 4.21 Å². The number of rotatable bonds is 5. The van der Waals surface area contributed by atoms with Crippen LogP contribution in [0.1, 0.15) is 18.4 Å². The maximum atomic E-state index is 12.5. The fraction of sp³-hybridized carbons (Fsp3) is 0.294. The van der Waals surface area contributed by atoms with Crippen LogP contribution in [0.5, 0.6) is 0 Å². The maximum absolute atomic E-state index is 12.5. The summed E-state index contributed by atoms with van der Waals surface area (Å²) in [5.41, 5.74) is 2.30. The standard InChI is InChI=1S/C17H17ClN2O2S2/c1-20-10-13(12-4-2-3-5-14(12)20)17(8-9-17)11-19-24(21,22)16-7-6-15(18)23-16/h2-7,10,19H,8-9,11H2,1H3. The second kappa shape index (κ2) is 5.59. The van der Waals surface area contributed by atoms with Gasteiger partial charge in [-0.3, -0.25) is 0 Å². The number of thiophene rings is 1. The summed E-state index contributed by atoms with van der Waals surface area (Å²) in [5, 5.41) is 1.20. The van der Waals surface area contributed by atoms with Crippen molar-refractivity contribution in [3.05, 3.63) is 52.5 Å².